The fraction of sp³-hybridized carbons (Fsp3) is 0.188. The minimum Gasteiger partial charge on any atom is -0.355 e. The molecular formula is C32H31ClFN3O4S. The molecule has 7 nitrogen and oxygen atoms in total. The number of para-hydroxylation sites is 1. The SMILES string of the molecule is CCNC(=O)C(Cc1ccccc1)N(Cc1ccccc1F)C(=O)CN(c1ccccc1Cl)S(=O)(=O)c1ccccc1. The van der Waals surface area contributed by atoms with Gasteiger partial charge in [-0.05, 0) is 42.8 Å². The lowest BCUT2D eigenvalue weighted by atomic mass is 10.0. The number of carbonyl (C=O) groups excluding carboxylic acids is 2. The molecule has 0 saturated carbocycles. The van der Waals surface area contributed by atoms with Gasteiger partial charge in [-0.3, -0.25) is 13.9 Å². The first-order valence-corrected chi connectivity index (χ1v) is 15.2. The third kappa shape index (κ3) is 7.35. The van der Waals surface area contributed by atoms with Gasteiger partial charge in [0.2, 0.25) is 11.8 Å². The quantitative estimate of drug-likeness (QED) is 0.232. The molecule has 1 unspecified atom stereocenters. The minimum absolute atomic E-state index is 0.0389. The van der Waals surface area contributed by atoms with Gasteiger partial charge in [0.25, 0.3) is 10.0 Å². The molecule has 10 heteroatoms. The molecule has 0 radical (unpaired) electrons. The zero-order valence-electron chi connectivity index (χ0n) is 23.0. The molecular weight excluding hydrogens is 577 g/mol. The first-order chi connectivity index (χ1) is 20.2. The third-order valence-electron chi connectivity index (χ3n) is 6.65. The molecule has 2 amide bonds. The maximum atomic E-state index is 14.9. The van der Waals surface area contributed by atoms with E-state index in [0.717, 1.165) is 9.87 Å². The maximum absolute atomic E-state index is 14.9. The van der Waals surface area contributed by atoms with Crippen LogP contribution < -0.4 is 9.62 Å². The summed E-state index contributed by atoms with van der Waals surface area (Å²) in [7, 11) is -4.27. The summed E-state index contributed by atoms with van der Waals surface area (Å²) < 4.78 is 43.6. The second kappa shape index (κ2) is 14.1. The number of likely N-dealkylation sites (N-methyl/N-ethyl adjacent to an activating group) is 1. The van der Waals surface area contributed by atoms with E-state index in [1.54, 1.807) is 43.3 Å². The van der Waals surface area contributed by atoms with Gasteiger partial charge in [0.05, 0.1) is 15.6 Å². The van der Waals surface area contributed by atoms with E-state index in [9.17, 15) is 22.4 Å². The Morgan fingerprint density at radius 1 is 0.857 bits per heavy atom. The average molecular weight is 608 g/mol. The van der Waals surface area contributed by atoms with Crippen LogP contribution in [0.1, 0.15) is 18.1 Å². The van der Waals surface area contributed by atoms with E-state index < -0.39 is 40.2 Å². The molecule has 1 N–H and O–H groups in total. The Labute approximate surface area is 250 Å². The van der Waals surface area contributed by atoms with Crippen molar-refractivity contribution in [3.8, 4) is 0 Å². The van der Waals surface area contributed by atoms with E-state index in [1.807, 2.05) is 30.3 Å². The van der Waals surface area contributed by atoms with Gasteiger partial charge < -0.3 is 10.2 Å². The summed E-state index contributed by atoms with van der Waals surface area (Å²) in [6.45, 7) is 1.12. The van der Waals surface area contributed by atoms with Crippen LogP contribution in [0.5, 0.6) is 0 Å². The van der Waals surface area contributed by atoms with Crippen molar-refractivity contribution in [2.24, 2.45) is 0 Å². The van der Waals surface area contributed by atoms with Crippen LogP contribution in [-0.2, 0) is 32.6 Å². The Bertz CT molecular complexity index is 1620. The van der Waals surface area contributed by atoms with E-state index in [2.05, 4.69) is 5.32 Å². The summed E-state index contributed by atoms with van der Waals surface area (Å²) in [6.07, 6.45) is 0.129. The van der Waals surface area contributed by atoms with Crippen LogP contribution in [0.25, 0.3) is 0 Å². The zero-order chi connectivity index (χ0) is 30.1. The van der Waals surface area contributed by atoms with Crippen molar-refractivity contribution in [2.45, 2.75) is 30.8 Å². The molecule has 0 saturated heterocycles. The van der Waals surface area contributed by atoms with Gasteiger partial charge in [-0.15, -0.1) is 0 Å². The highest BCUT2D eigenvalue weighted by atomic mass is 35.5. The normalized spacial score (nSPS) is 11.9. The molecule has 0 bridgehead atoms. The van der Waals surface area contributed by atoms with Crippen molar-refractivity contribution in [1.29, 1.82) is 0 Å². The van der Waals surface area contributed by atoms with Crippen LogP contribution in [-0.4, -0.2) is 44.3 Å². The van der Waals surface area contributed by atoms with Crippen LogP contribution in [0.2, 0.25) is 5.02 Å². The molecule has 4 aromatic carbocycles. The van der Waals surface area contributed by atoms with Gasteiger partial charge in [-0.25, -0.2) is 12.8 Å². The molecule has 4 rings (SSSR count). The van der Waals surface area contributed by atoms with Gasteiger partial charge in [0, 0.05) is 25.1 Å². The smallest absolute Gasteiger partial charge is 0.264 e. The fourth-order valence-electron chi connectivity index (χ4n) is 4.54. The molecule has 0 aliphatic rings. The lowest BCUT2D eigenvalue weighted by Gasteiger charge is -2.34. The van der Waals surface area contributed by atoms with Crippen molar-refractivity contribution in [2.75, 3.05) is 17.4 Å². The van der Waals surface area contributed by atoms with Gasteiger partial charge in [-0.2, -0.15) is 0 Å². The standard InChI is InChI=1S/C32H31ClFN3O4S/c1-2-35-32(39)30(21-24-13-5-3-6-14-24)36(22-25-15-9-11-19-28(25)34)31(38)23-37(29-20-12-10-18-27(29)33)42(40,41)26-16-7-4-8-17-26/h3-20,30H,2,21-23H2,1H3,(H,35,39). The minimum atomic E-state index is -4.27. The predicted octanol–water partition coefficient (Wildman–Crippen LogP) is 5.45. The van der Waals surface area contributed by atoms with Gasteiger partial charge in [0.1, 0.15) is 18.4 Å². The number of hydrogen-bond donors (Lipinski definition) is 1. The molecule has 0 aromatic heterocycles. The molecule has 0 spiro atoms. The number of anilines is 1. The molecule has 0 fully saturated rings. The highest BCUT2D eigenvalue weighted by Crippen LogP contribution is 2.31. The number of rotatable bonds is 12. The first kappa shape index (κ1) is 30.7. The van der Waals surface area contributed by atoms with Crippen molar-refractivity contribution in [3.05, 3.63) is 131 Å². The number of amides is 2. The van der Waals surface area contributed by atoms with Crippen molar-refractivity contribution in [3.63, 3.8) is 0 Å². The molecule has 0 heterocycles. The largest absolute Gasteiger partial charge is 0.355 e. The van der Waals surface area contributed by atoms with Crippen molar-refractivity contribution >= 4 is 39.1 Å². The summed E-state index contributed by atoms with van der Waals surface area (Å²) in [5.41, 5.74) is 1.06. The zero-order valence-corrected chi connectivity index (χ0v) is 24.6. The summed E-state index contributed by atoms with van der Waals surface area (Å²) in [5, 5.41) is 2.89. The van der Waals surface area contributed by atoms with Crippen LogP contribution in [0.4, 0.5) is 10.1 Å². The predicted molar refractivity (Wildman–Crippen MR) is 162 cm³/mol. The second-order valence-electron chi connectivity index (χ2n) is 9.49. The molecule has 4 aromatic rings. The summed E-state index contributed by atoms with van der Waals surface area (Å²) >= 11 is 6.44. The van der Waals surface area contributed by atoms with Crippen LogP contribution >= 0.6 is 11.6 Å². The van der Waals surface area contributed by atoms with E-state index in [-0.39, 0.29) is 34.1 Å². The fourth-order valence-corrected chi connectivity index (χ4v) is 6.29. The summed E-state index contributed by atoms with van der Waals surface area (Å²) in [6, 6.07) is 28.0. The third-order valence-corrected chi connectivity index (χ3v) is 8.75. The molecule has 0 aliphatic heterocycles. The van der Waals surface area contributed by atoms with Gasteiger partial charge in [-0.1, -0.05) is 90.5 Å². The number of halogens is 2. The van der Waals surface area contributed by atoms with Crippen LogP contribution in [0.3, 0.4) is 0 Å². The van der Waals surface area contributed by atoms with E-state index in [1.165, 1.54) is 47.4 Å². The van der Waals surface area contributed by atoms with Gasteiger partial charge in [0.15, 0.2) is 0 Å². The molecule has 1 atom stereocenters. The maximum Gasteiger partial charge on any atom is 0.264 e. The van der Waals surface area contributed by atoms with Crippen molar-refractivity contribution in [1.82, 2.24) is 10.2 Å². The van der Waals surface area contributed by atoms with E-state index >= 15 is 0 Å². The molecule has 0 aliphatic carbocycles. The average Bonchev–Trinajstić information content (AvgIpc) is 3.00. The number of hydrogen-bond acceptors (Lipinski definition) is 4. The molecule has 42 heavy (non-hydrogen) atoms. The Morgan fingerprint density at radius 2 is 1.45 bits per heavy atom. The summed E-state index contributed by atoms with van der Waals surface area (Å²) in [5.74, 6) is -1.70. The number of benzene rings is 4. The monoisotopic (exact) mass is 607 g/mol. The lowest BCUT2D eigenvalue weighted by Crippen LogP contribution is -2.53. The number of sulfonamides is 1. The van der Waals surface area contributed by atoms with Crippen LogP contribution in [0, 0.1) is 5.82 Å². The lowest BCUT2D eigenvalue weighted by molar-refractivity contribution is -0.140. The Morgan fingerprint density at radius 3 is 2.10 bits per heavy atom. The summed E-state index contributed by atoms with van der Waals surface area (Å²) in [4.78, 5) is 28.9. The highest BCUT2D eigenvalue weighted by molar-refractivity contribution is 7.92. The number of carbonyl (C=O) groups is 2. The van der Waals surface area contributed by atoms with Crippen LogP contribution in [0.15, 0.2) is 114 Å². The number of nitrogens with one attached hydrogen (secondary N) is 1. The van der Waals surface area contributed by atoms with Gasteiger partial charge >= 0.3 is 0 Å². The highest BCUT2D eigenvalue weighted by Gasteiger charge is 2.35. The number of nitrogens with zero attached hydrogens (tertiary/aromatic N) is 2. The van der Waals surface area contributed by atoms with Crippen molar-refractivity contribution < 1.29 is 22.4 Å². The Kier molecular flexibility index (Phi) is 10.3. The second-order valence-corrected chi connectivity index (χ2v) is 11.8. The molecule has 218 valence electrons. The topological polar surface area (TPSA) is 86.8 Å². The van der Waals surface area contributed by atoms with E-state index in [0.29, 0.717) is 6.54 Å². The van der Waals surface area contributed by atoms with E-state index in [4.69, 9.17) is 11.6 Å². The first-order valence-electron chi connectivity index (χ1n) is 13.4. The Balaban J connectivity index is 1.81. The Hall–Kier alpha value is -4.21.